The number of ether oxygens (including phenoxy) is 1. The van der Waals surface area contributed by atoms with Crippen molar-refractivity contribution in [1.29, 1.82) is 0 Å². The Kier molecular flexibility index (Phi) is 4.71. The van der Waals surface area contributed by atoms with Gasteiger partial charge in [-0.1, -0.05) is 13.0 Å². The summed E-state index contributed by atoms with van der Waals surface area (Å²) in [6.45, 7) is 4.21. The summed E-state index contributed by atoms with van der Waals surface area (Å²) in [6.07, 6.45) is 1.50. The smallest absolute Gasteiger partial charge is 0.140 e. The van der Waals surface area contributed by atoms with E-state index in [1.165, 1.54) is 4.88 Å². The summed E-state index contributed by atoms with van der Waals surface area (Å²) in [5.41, 5.74) is 0. The maximum atomic E-state index is 12.1. The zero-order valence-corrected chi connectivity index (χ0v) is 11.0. The average molecular weight is 253 g/mol. The Hall–Kier alpha value is -0.710. The number of ketones is 1. The van der Waals surface area contributed by atoms with Gasteiger partial charge < -0.3 is 10.1 Å². The second-order valence-corrected chi connectivity index (χ2v) is 5.39. The van der Waals surface area contributed by atoms with Crippen LogP contribution >= 0.6 is 11.3 Å². The second-order valence-electron chi connectivity index (χ2n) is 4.35. The Bertz CT molecular complexity index is 350. The van der Waals surface area contributed by atoms with Crippen LogP contribution in [0, 0.1) is 5.92 Å². The molecule has 2 atom stereocenters. The molecule has 1 aromatic heterocycles. The van der Waals surface area contributed by atoms with Gasteiger partial charge in [0.1, 0.15) is 5.78 Å². The van der Waals surface area contributed by atoms with Crippen molar-refractivity contribution in [3.05, 3.63) is 22.4 Å². The van der Waals surface area contributed by atoms with E-state index in [1.807, 2.05) is 6.07 Å². The number of carbonyl (C=O) groups excluding carboxylic acids is 1. The van der Waals surface area contributed by atoms with Crippen molar-refractivity contribution in [2.45, 2.75) is 25.8 Å². The fourth-order valence-corrected chi connectivity index (χ4v) is 2.93. The monoisotopic (exact) mass is 253 g/mol. The summed E-state index contributed by atoms with van der Waals surface area (Å²) in [6, 6.07) is 4.34. The molecule has 0 spiro atoms. The van der Waals surface area contributed by atoms with Crippen LogP contribution in [0.3, 0.4) is 0 Å². The molecular weight excluding hydrogens is 234 g/mol. The minimum absolute atomic E-state index is 0.0508. The number of hydrogen-bond donors (Lipinski definition) is 1. The first-order valence-electron chi connectivity index (χ1n) is 6.17. The van der Waals surface area contributed by atoms with Gasteiger partial charge in [0, 0.05) is 17.3 Å². The molecule has 0 aliphatic carbocycles. The SMILES string of the molecule is CCNC1COCC1C(=O)CCc1cccs1. The maximum Gasteiger partial charge on any atom is 0.140 e. The largest absolute Gasteiger partial charge is 0.379 e. The lowest BCUT2D eigenvalue weighted by Gasteiger charge is -2.16. The van der Waals surface area contributed by atoms with Crippen molar-refractivity contribution < 1.29 is 9.53 Å². The van der Waals surface area contributed by atoms with E-state index < -0.39 is 0 Å². The Morgan fingerprint density at radius 3 is 3.18 bits per heavy atom. The van der Waals surface area contributed by atoms with E-state index in [2.05, 4.69) is 23.7 Å². The second kappa shape index (κ2) is 6.28. The summed E-state index contributed by atoms with van der Waals surface area (Å²) in [7, 11) is 0. The molecule has 0 saturated carbocycles. The molecule has 0 bridgehead atoms. The molecule has 3 nitrogen and oxygen atoms in total. The molecule has 2 rings (SSSR count). The molecule has 1 saturated heterocycles. The van der Waals surface area contributed by atoms with Crippen LogP contribution in [0.4, 0.5) is 0 Å². The highest BCUT2D eigenvalue weighted by Gasteiger charge is 2.32. The first kappa shape index (κ1) is 12.7. The van der Waals surface area contributed by atoms with E-state index in [0.29, 0.717) is 25.4 Å². The van der Waals surface area contributed by atoms with Gasteiger partial charge in [-0.15, -0.1) is 11.3 Å². The Labute approximate surface area is 106 Å². The third kappa shape index (κ3) is 3.37. The van der Waals surface area contributed by atoms with Crippen molar-refractivity contribution in [2.75, 3.05) is 19.8 Å². The average Bonchev–Trinajstić information content (AvgIpc) is 2.97. The number of nitrogens with one attached hydrogen (secondary N) is 1. The highest BCUT2D eigenvalue weighted by atomic mass is 32.1. The molecule has 0 radical (unpaired) electrons. The van der Waals surface area contributed by atoms with Gasteiger partial charge in [-0.05, 0) is 24.4 Å². The van der Waals surface area contributed by atoms with E-state index in [-0.39, 0.29) is 12.0 Å². The maximum absolute atomic E-state index is 12.1. The molecule has 0 aromatic carbocycles. The van der Waals surface area contributed by atoms with Gasteiger partial charge in [0.25, 0.3) is 0 Å². The van der Waals surface area contributed by atoms with E-state index >= 15 is 0 Å². The summed E-state index contributed by atoms with van der Waals surface area (Å²) < 4.78 is 5.40. The number of rotatable bonds is 6. The quantitative estimate of drug-likeness (QED) is 0.841. The lowest BCUT2D eigenvalue weighted by molar-refractivity contribution is -0.123. The standard InChI is InChI=1S/C13H19NO2S/c1-2-14-12-9-16-8-11(12)13(15)6-5-10-4-3-7-17-10/h3-4,7,11-12,14H,2,5-6,8-9H2,1H3. The number of carbonyl (C=O) groups is 1. The number of hydrogen-bond acceptors (Lipinski definition) is 4. The molecule has 17 heavy (non-hydrogen) atoms. The Morgan fingerprint density at radius 2 is 2.47 bits per heavy atom. The van der Waals surface area contributed by atoms with Crippen LogP contribution in [0.2, 0.25) is 0 Å². The number of likely N-dealkylation sites (N-methyl/N-ethyl adjacent to an activating group) is 1. The minimum atomic E-state index is 0.0508. The lowest BCUT2D eigenvalue weighted by atomic mass is 9.95. The van der Waals surface area contributed by atoms with E-state index in [4.69, 9.17) is 4.74 Å². The third-order valence-corrected chi connectivity index (χ3v) is 4.09. The van der Waals surface area contributed by atoms with E-state index in [9.17, 15) is 4.79 Å². The Morgan fingerprint density at radius 1 is 1.59 bits per heavy atom. The molecule has 2 heterocycles. The van der Waals surface area contributed by atoms with Gasteiger partial charge in [-0.25, -0.2) is 0 Å². The van der Waals surface area contributed by atoms with Gasteiger partial charge in [0.15, 0.2) is 0 Å². The van der Waals surface area contributed by atoms with Crippen molar-refractivity contribution in [3.8, 4) is 0 Å². The molecule has 1 fully saturated rings. The molecule has 2 unspecified atom stereocenters. The molecule has 1 aliphatic heterocycles. The van der Waals surface area contributed by atoms with Crippen LogP contribution in [-0.2, 0) is 16.0 Å². The fraction of sp³-hybridized carbons (Fsp3) is 0.615. The van der Waals surface area contributed by atoms with Crippen LogP contribution in [0.1, 0.15) is 18.2 Å². The van der Waals surface area contributed by atoms with Crippen LogP contribution < -0.4 is 5.32 Å². The van der Waals surface area contributed by atoms with Gasteiger partial charge in [0.2, 0.25) is 0 Å². The van der Waals surface area contributed by atoms with E-state index in [0.717, 1.165) is 13.0 Å². The Balaban J connectivity index is 1.82. The molecular formula is C13H19NO2S. The predicted molar refractivity (Wildman–Crippen MR) is 69.4 cm³/mol. The molecule has 94 valence electrons. The summed E-state index contributed by atoms with van der Waals surface area (Å²) in [4.78, 5) is 13.4. The van der Waals surface area contributed by atoms with Crippen molar-refractivity contribution in [1.82, 2.24) is 5.32 Å². The van der Waals surface area contributed by atoms with Crippen molar-refractivity contribution in [3.63, 3.8) is 0 Å². The van der Waals surface area contributed by atoms with Crippen molar-refractivity contribution >= 4 is 17.1 Å². The summed E-state index contributed by atoms with van der Waals surface area (Å²) in [5, 5.41) is 5.38. The van der Waals surface area contributed by atoms with Crippen LogP contribution in [0.5, 0.6) is 0 Å². The van der Waals surface area contributed by atoms with Gasteiger partial charge in [0.05, 0.1) is 19.1 Å². The number of thiophene rings is 1. The normalized spacial score (nSPS) is 24.1. The fourth-order valence-electron chi connectivity index (χ4n) is 2.22. The zero-order valence-electron chi connectivity index (χ0n) is 10.1. The highest BCUT2D eigenvalue weighted by molar-refractivity contribution is 7.09. The third-order valence-electron chi connectivity index (χ3n) is 3.16. The lowest BCUT2D eigenvalue weighted by Crippen LogP contribution is -2.39. The first-order valence-corrected chi connectivity index (χ1v) is 7.05. The molecule has 1 aliphatic rings. The summed E-state index contributed by atoms with van der Waals surface area (Å²) >= 11 is 1.72. The molecule has 4 heteroatoms. The molecule has 0 amide bonds. The molecule has 1 aromatic rings. The molecule has 1 N–H and O–H groups in total. The zero-order chi connectivity index (χ0) is 12.1. The van der Waals surface area contributed by atoms with Crippen LogP contribution in [0.25, 0.3) is 0 Å². The number of Topliss-reactive ketones (excluding diaryl/α,β-unsaturated/α-hetero) is 1. The van der Waals surface area contributed by atoms with E-state index in [1.54, 1.807) is 11.3 Å². The number of aryl methyl sites for hydroxylation is 1. The van der Waals surface area contributed by atoms with Gasteiger partial charge in [-0.3, -0.25) is 4.79 Å². The first-order chi connectivity index (χ1) is 8.31. The van der Waals surface area contributed by atoms with Crippen LogP contribution in [-0.4, -0.2) is 31.6 Å². The topological polar surface area (TPSA) is 38.3 Å². The van der Waals surface area contributed by atoms with Crippen LogP contribution in [0.15, 0.2) is 17.5 Å². The van der Waals surface area contributed by atoms with Gasteiger partial charge in [-0.2, -0.15) is 0 Å². The summed E-state index contributed by atoms with van der Waals surface area (Å²) in [5.74, 6) is 0.386. The minimum Gasteiger partial charge on any atom is -0.379 e. The van der Waals surface area contributed by atoms with Crippen molar-refractivity contribution in [2.24, 2.45) is 5.92 Å². The predicted octanol–water partition coefficient (Wildman–Crippen LogP) is 1.87. The van der Waals surface area contributed by atoms with Gasteiger partial charge >= 0.3 is 0 Å². The highest BCUT2D eigenvalue weighted by Crippen LogP contribution is 2.19.